The maximum Gasteiger partial charge on any atom is 0.272 e. The van der Waals surface area contributed by atoms with Crippen LogP contribution in [0.5, 0.6) is 0 Å². The van der Waals surface area contributed by atoms with Gasteiger partial charge in [-0.1, -0.05) is 25.7 Å². The fourth-order valence-corrected chi connectivity index (χ4v) is 5.64. The molecule has 7 nitrogen and oxygen atoms in total. The Balaban J connectivity index is 1.64. The number of amides is 1. The van der Waals surface area contributed by atoms with Crippen LogP contribution in [0.4, 0.5) is 5.82 Å². The van der Waals surface area contributed by atoms with Crippen molar-refractivity contribution >= 4 is 21.6 Å². The van der Waals surface area contributed by atoms with Gasteiger partial charge in [-0.2, -0.15) is 0 Å². The Kier molecular flexibility index (Phi) is 6.11. The monoisotopic (exact) mass is 380 g/mol. The zero-order chi connectivity index (χ0) is 18.6. The third-order valence-electron chi connectivity index (χ3n) is 5.36. The number of hydrogen-bond acceptors (Lipinski definition) is 6. The Labute approximate surface area is 155 Å². The molecule has 144 valence electrons. The first kappa shape index (κ1) is 19.1. The Bertz CT molecular complexity index is 712. The van der Waals surface area contributed by atoms with E-state index < -0.39 is 9.84 Å². The van der Waals surface area contributed by atoms with Crippen molar-refractivity contribution in [2.75, 3.05) is 23.0 Å². The fourth-order valence-electron chi connectivity index (χ4n) is 3.91. The number of carbonyl (C=O) groups is 1. The maximum atomic E-state index is 12.4. The van der Waals surface area contributed by atoms with E-state index in [1.54, 1.807) is 12.1 Å². The Morgan fingerprint density at radius 2 is 1.88 bits per heavy atom. The lowest BCUT2D eigenvalue weighted by Crippen LogP contribution is -2.37. The molecule has 26 heavy (non-hydrogen) atoms. The quantitative estimate of drug-likeness (QED) is 0.785. The second-order valence-corrected chi connectivity index (χ2v) is 9.51. The lowest BCUT2D eigenvalue weighted by Gasteiger charge is -2.27. The van der Waals surface area contributed by atoms with Crippen LogP contribution in [0.3, 0.4) is 0 Å². The third-order valence-corrected chi connectivity index (χ3v) is 7.11. The first-order valence-electron chi connectivity index (χ1n) is 9.60. The van der Waals surface area contributed by atoms with Crippen molar-refractivity contribution < 1.29 is 13.2 Å². The molecule has 0 aromatic carbocycles. The van der Waals surface area contributed by atoms with E-state index >= 15 is 0 Å². The summed E-state index contributed by atoms with van der Waals surface area (Å²) >= 11 is 0. The van der Waals surface area contributed by atoms with Gasteiger partial charge < -0.3 is 10.2 Å². The van der Waals surface area contributed by atoms with E-state index in [-0.39, 0.29) is 29.5 Å². The zero-order valence-electron chi connectivity index (χ0n) is 15.4. The van der Waals surface area contributed by atoms with Crippen molar-refractivity contribution in [3.8, 4) is 0 Å². The SMILES string of the molecule is CCN(c1ccc(C(=O)NC2CCCCCC2)nn1)C1CCS(=O)(=O)C1. The van der Waals surface area contributed by atoms with Gasteiger partial charge in [-0.05, 0) is 38.3 Å². The van der Waals surface area contributed by atoms with Crippen molar-refractivity contribution in [3.63, 3.8) is 0 Å². The Morgan fingerprint density at radius 1 is 1.15 bits per heavy atom. The molecule has 1 saturated carbocycles. The van der Waals surface area contributed by atoms with Gasteiger partial charge in [0.25, 0.3) is 5.91 Å². The smallest absolute Gasteiger partial charge is 0.272 e. The van der Waals surface area contributed by atoms with E-state index in [0.29, 0.717) is 24.5 Å². The summed E-state index contributed by atoms with van der Waals surface area (Å²) in [6, 6.07) is 3.61. The highest BCUT2D eigenvalue weighted by molar-refractivity contribution is 7.91. The second kappa shape index (κ2) is 8.33. The van der Waals surface area contributed by atoms with Crippen molar-refractivity contribution in [2.24, 2.45) is 0 Å². The van der Waals surface area contributed by atoms with Crippen LogP contribution in [-0.4, -0.2) is 54.7 Å². The average molecular weight is 381 g/mol. The molecule has 8 heteroatoms. The number of hydrogen-bond donors (Lipinski definition) is 1. The molecule has 0 radical (unpaired) electrons. The highest BCUT2D eigenvalue weighted by Gasteiger charge is 2.32. The molecule has 0 bridgehead atoms. The predicted molar refractivity (Wildman–Crippen MR) is 101 cm³/mol. The van der Waals surface area contributed by atoms with Crippen LogP contribution in [0.25, 0.3) is 0 Å². The summed E-state index contributed by atoms with van der Waals surface area (Å²) in [5.41, 5.74) is 0.313. The molecule has 3 rings (SSSR count). The molecular weight excluding hydrogens is 352 g/mol. The summed E-state index contributed by atoms with van der Waals surface area (Å²) in [5.74, 6) is 0.832. The minimum atomic E-state index is -2.95. The number of anilines is 1. The highest BCUT2D eigenvalue weighted by atomic mass is 32.2. The second-order valence-electron chi connectivity index (χ2n) is 7.28. The molecule has 1 aromatic rings. The van der Waals surface area contributed by atoms with E-state index in [0.717, 1.165) is 25.7 Å². The molecule has 1 saturated heterocycles. The van der Waals surface area contributed by atoms with E-state index in [2.05, 4.69) is 15.5 Å². The molecule has 2 fully saturated rings. The van der Waals surface area contributed by atoms with E-state index in [1.165, 1.54) is 12.8 Å². The lowest BCUT2D eigenvalue weighted by molar-refractivity contribution is 0.0927. The molecular formula is C18H28N4O3S. The third kappa shape index (κ3) is 4.72. The summed E-state index contributed by atoms with van der Waals surface area (Å²) in [7, 11) is -2.95. The number of aromatic nitrogens is 2. The first-order valence-corrected chi connectivity index (χ1v) is 11.4. The number of nitrogens with one attached hydrogen (secondary N) is 1. The molecule has 0 spiro atoms. The normalized spacial score (nSPS) is 23.3. The Hall–Kier alpha value is -1.70. The van der Waals surface area contributed by atoms with Crippen LogP contribution < -0.4 is 10.2 Å². The molecule has 1 unspecified atom stereocenters. The van der Waals surface area contributed by atoms with Gasteiger partial charge in [-0.15, -0.1) is 10.2 Å². The van der Waals surface area contributed by atoms with Crippen LogP contribution in [-0.2, 0) is 9.84 Å². The topological polar surface area (TPSA) is 92.3 Å². The summed E-state index contributed by atoms with van der Waals surface area (Å²) in [5, 5.41) is 11.4. The predicted octanol–water partition coefficient (Wildman–Crippen LogP) is 1.94. The standard InChI is InChI=1S/C18H28N4O3S/c1-2-22(15-11-12-26(24,25)13-15)17-10-9-16(20-21-17)18(23)19-14-7-5-3-4-6-8-14/h9-10,14-15H,2-8,11-13H2,1H3,(H,19,23). The first-order chi connectivity index (χ1) is 12.5. The van der Waals surface area contributed by atoms with Crippen LogP contribution in [0.15, 0.2) is 12.1 Å². The Morgan fingerprint density at radius 3 is 2.42 bits per heavy atom. The molecule has 1 N–H and O–H groups in total. The van der Waals surface area contributed by atoms with Gasteiger partial charge >= 0.3 is 0 Å². The van der Waals surface area contributed by atoms with Crippen molar-refractivity contribution in [3.05, 3.63) is 17.8 Å². The van der Waals surface area contributed by atoms with Gasteiger partial charge in [0.15, 0.2) is 21.3 Å². The van der Waals surface area contributed by atoms with Gasteiger partial charge in [-0.3, -0.25) is 4.79 Å². The molecule has 1 amide bonds. The van der Waals surface area contributed by atoms with Gasteiger partial charge in [0, 0.05) is 18.6 Å². The summed E-state index contributed by atoms with van der Waals surface area (Å²) in [6.07, 6.45) is 7.46. The lowest BCUT2D eigenvalue weighted by atomic mass is 10.1. The number of sulfone groups is 1. The highest BCUT2D eigenvalue weighted by Crippen LogP contribution is 2.22. The van der Waals surface area contributed by atoms with Gasteiger partial charge in [0.2, 0.25) is 0 Å². The van der Waals surface area contributed by atoms with Crippen LogP contribution in [0, 0.1) is 0 Å². The zero-order valence-corrected chi connectivity index (χ0v) is 16.2. The minimum absolute atomic E-state index is 0.0648. The minimum Gasteiger partial charge on any atom is -0.351 e. The van der Waals surface area contributed by atoms with Crippen molar-refractivity contribution in [1.29, 1.82) is 0 Å². The molecule has 1 atom stereocenters. The molecule has 2 heterocycles. The number of rotatable bonds is 5. The average Bonchev–Trinajstić information content (AvgIpc) is 2.82. The molecule has 1 aliphatic carbocycles. The van der Waals surface area contributed by atoms with Gasteiger partial charge in [0.1, 0.15) is 0 Å². The summed E-state index contributed by atoms with van der Waals surface area (Å²) < 4.78 is 23.5. The number of carbonyl (C=O) groups excluding carboxylic acids is 1. The molecule has 2 aliphatic rings. The van der Waals surface area contributed by atoms with Crippen LogP contribution >= 0.6 is 0 Å². The van der Waals surface area contributed by atoms with Crippen LogP contribution in [0.2, 0.25) is 0 Å². The van der Waals surface area contributed by atoms with E-state index in [1.807, 2.05) is 11.8 Å². The van der Waals surface area contributed by atoms with E-state index in [9.17, 15) is 13.2 Å². The molecule has 1 aliphatic heterocycles. The largest absolute Gasteiger partial charge is 0.351 e. The summed E-state index contributed by atoms with van der Waals surface area (Å²) in [4.78, 5) is 14.4. The van der Waals surface area contributed by atoms with E-state index in [4.69, 9.17) is 0 Å². The summed E-state index contributed by atoms with van der Waals surface area (Å²) in [6.45, 7) is 2.63. The van der Waals surface area contributed by atoms with Gasteiger partial charge in [-0.25, -0.2) is 8.42 Å². The fraction of sp³-hybridized carbons (Fsp3) is 0.722. The van der Waals surface area contributed by atoms with Crippen LogP contribution in [0.1, 0.15) is 62.4 Å². The maximum absolute atomic E-state index is 12.4. The van der Waals surface area contributed by atoms with Crippen molar-refractivity contribution in [1.82, 2.24) is 15.5 Å². The van der Waals surface area contributed by atoms with Gasteiger partial charge in [0.05, 0.1) is 11.5 Å². The number of nitrogens with zero attached hydrogens (tertiary/aromatic N) is 3. The van der Waals surface area contributed by atoms with Crippen molar-refractivity contribution in [2.45, 2.75) is 64.0 Å². The molecule has 1 aromatic heterocycles.